The number of rotatable bonds is 4. The Kier molecular flexibility index (Phi) is 4.44. The van der Waals surface area contributed by atoms with Crippen molar-refractivity contribution >= 4 is 26.4 Å². The van der Waals surface area contributed by atoms with Crippen molar-refractivity contribution in [3.8, 4) is 11.5 Å². The molecule has 0 amide bonds. The number of hydrogen-bond donors (Lipinski definition) is 1. The molecule has 0 saturated carbocycles. The fourth-order valence-electron chi connectivity index (χ4n) is 2.79. The van der Waals surface area contributed by atoms with Gasteiger partial charge in [0.15, 0.2) is 5.82 Å². The SMILES string of the molecule is Cc1noc(-c2c(NS(=O)(=O)c3cc(F)cc(F)c3)sc3c2CCOC3)n1. The third-order valence-electron chi connectivity index (χ3n) is 3.94. The number of aryl methyl sites for hydroxylation is 1. The van der Waals surface area contributed by atoms with E-state index < -0.39 is 26.6 Å². The Morgan fingerprint density at radius 3 is 2.63 bits per heavy atom. The van der Waals surface area contributed by atoms with Crippen LogP contribution in [0.25, 0.3) is 11.5 Å². The maximum atomic E-state index is 13.5. The highest BCUT2D eigenvalue weighted by atomic mass is 32.2. The molecule has 4 rings (SSSR count). The maximum absolute atomic E-state index is 13.5. The number of benzene rings is 1. The lowest BCUT2D eigenvalue weighted by Gasteiger charge is -2.12. The molecule has 0 aliphatic carbocycles. The van der Waals surface area contributed by atoms with Crippen molar-refractivity contribution in [3.63, 3.8) is 0 Å². The molecule has 11 heteroatoms. The van der Waals surface area contributed by atoms with Crippen LogP contribution in [0.1, 0.15) is 16.3 Å². The summed E-state index contributed by atoms with van der Waals surface area (Å²) in [7, 11) is -4.23. The first-order valence-electron chi connectivity index (χ1n) is 7.85. The van der Waals surface area contributed by atoms with Crippen LogP contribution in [-0.4, -0.2) is 25.2 Å². The van der Waals surface area contributed by atoms with E-state index in [-0.39, 0.29) is 10.9 Å². The minimum atomic E-state index is -4.23. The van der Waals surface area contributed by atoms with Gasteiger partial charge in [-0.2, -0.15) is 4.98 Å². The summed E-state index contributed by atoms with van der Waals surface area (Å²) in [5, 5.41) is 3.99. The Bertz CT molecular complexity index is 1100. The van der Waals surface area contributed by atoms with E-state index in [0.29, 0.717) is 37.1 Å². The average molecular weight is 413 g/mol. The smallest absolute Gasteiger partial charge is 0.262 e. The highest BCUT2D eigenvalue weighted by molar-refractivity contribution is 7.93. The van der Waals surface area contributed by atoms with Crippen LogP contribution >= 0.6 is 11.3 Å². The largest absolute Gasteiger partial charge is 0.376 e. The molecular weight excluding hydrogens is 400 g/mol. The van der Waals surface area contributed by atoms with Gasteiger partial charge in [-0.15, -0.1) is 11.3 Å². The van der Waals surface area contributed by atoms with Gasteiger partial charge in [0.25, 0.3) is 15.9 Å². The monoisotopic (exact) mass is 413 g/mol. The van der Waals surface area contributed by atoms with Crippen LogP contribution in [0.2, 0.25) is 0 Å². The predicted molar refractivity (Wildman–Crippen MR) is 92.9 cm³/mol. The van der Waals surface area contributed by atoms with Crippen LogP contribution in [0, 0.1) is 18.6 Å². The van der Waals surface area contributed by atoms with Gasteiger partial charge in [-0.05, 0) is 31.0 Å². The number of thiophene rings is 1. The summed E-state index contributed by atoms with van der Waals surface area (Å²) in [5.41, 5.74) is 1.33. The van der Waals surface area contributed by atoms with Gasteiger partial charge in [0.1, 0.15) is 16.6 Å². The standard InChI is InChI=1S/C16H13F2N3O4S2/c1-8-19-15(25-20-8)14-12-2-3-24-7-13(12)26-16(14)21-27(22,23)11-5-9(17)4-10(18)6-11/h4-6,21H,2-3,7H2,1H3. The molecule has 0 unspecified atom stereocenters. The van der Waals surface area contributed by atoms with Crippen LogP contribution < -0.4 is 4.72 Å². The topological polar surface area (TPSA) is 94.3 Å². The Balaban J connectivity index is 1.81. The second kappa shape index (κ2) is 6.66. The normalized spacial score (nSPS) is 14.2. The zero-order chi connectivity index (χ0) is 19.2. The number of fused-ring (bicyclic) bond motifs is 1. The molecule has 27 heavy (non-hydrogen) atoms. The van der Waals surface area contributed by atoms with E-state index in [4.69, 9.17) is 9.26 Å². The molecule has 0 radical (unpaired) electrons. The second-order valence-corrected chi connectivity index (χ2v) is 8.66. The summed E-state index contributed by atoms with van der Waals surface area (Å²) in [4.78, 5) is 4.50. The fraction of sp³-hybridized carbons (Fsp3) is 0.250. The molecule has 0 bridgehead atoms. The first-order valence-corrected chi connectivity index (χ1v) is 10.2. The quantitative estimate of drug-likeness (QED) is 0.706. The number of anilines is 1. The number of nitrogens with one attached hydrogen (secondary N) is 1. The number of hydrogen-bond acceptors (Lipinski definition) is 7. The molecule has 7 nitrogen and oxygen atoms in total. The zero-order valence-electron chi connectivity index (χ0n) is 14.0. The maximum Gasteiger partial charge on any atom is 0.262 e. The molecule has 0 atom stereocenters. The molecule has 1 aromatic carbocycles. The third kappa shape index (κ3) is 3.45. The van der Waals surface area contributed by atoms with E-state index in [0.717, 1.165) is 22.6 Å². The molecule has 0 spiro atoms. The molecule has 3 aromatic rings. The Morgan fingerprint density at radius 2 is 1.96 bits per heavy atom. The van der Waals surface area contributed by atoms with Crippen LogP contribution in [0.3, 0.4) is 0 Å². The number of ether oxygens (including phenoxy) is 1. The zero-order valence-corrected chi connectivity index (χ0v) is 15.6. The van der Waals surface area contributed by atoms with Crippen molar-refractivity contribution < 1.29 is 26.5 Å². The van der Waals surface area contributed by atoms with Gasteiger partial charge in [0.05, 0.1) is 23.7 Å². The molecule has 0 fully saturated rings. The lowest BCUT2D eigenvalue weighted by molar-refractivity contribution is 0.113. The van der Waals surface area contributed by atoms with E-state index in [1.54, 1.807) is 6.92 Å². The molecular formula is C16H13F2N3O4S2. The molecule has 0 saturated heterocycles. The minimum absolute atomic E-state index is 0.176. The van der Waals surface area contributed by atoms with Crippen molar-refractivity contribution in [2.45, 2.75) is 24.8 Å². The van der Waals surface area contributed by atoms with Crippen molar-refractivity contribution in [2.24, 2.45) is 0 Å². The van der Waals surface area contributed by atoms with Gasteiger partial charge in [-0.3, -0.25) is 4.72 Å². The Morgan fingerprint density at radius 1 is 1.22 bits per heavy atom. The van der Waals surface area contributed by atoms with Crippen molar-refractivity contribution in [3.05, 3.63) is 46.1 Å². The first-order chi connectivity index (χ1) is 12.8. The summed E-state index contributed by atoms with van der Waals surface area (Å²) in [5.74, 6) is -1.39. The highest BCUT2D eigenvalue weighted by Gasteiger charge is 2.28. The van der Waals surface area contributed by atoms with E-state index in [2.05, 4.69) is 14.9 Å². The van der Waals surface area contributed by atoms with Crippen molar-refractivity contribution in [2.75, 3.05) is 11.3 Å². The van der Waals surface area contributed by atoms with Gasteiger partial charge >= 0.3 is 0 Å². The predicted octanol–water partition coefficient (Wildman–Crippen LogP) is 3.26. The van der Waals surface area contributed by atoms with Crippen LogP contribution in [-0.2, 0) is 27.8 Å². The molecule has 1 N–H and O–H groups in total. The summed E-state index contributed by atoms with van der Waals surface area (Å²) >= 11 is 1.17. The molecule has 1 aliphatic rings. The first kappa shape index (κ1) is 18.0. The summed E-state index contributed by atoms with van der Waals surface area (Å²) in [6.45, 7) is 2.45. The van der Waals surface area contributed by atoms with Gasteiger partial charge in [0, 0.05) is 10.9 Å². The van der Waals surface area contributed by atoms with Gasteiger partial charge in [-0.25, -0.2) is 17.2 Å². The second-order valence-electron chi connectivity index (χ2n) is 5.87. The molecule has 2 aromatic heterocycles. The average Bonchev–Trinajstić information content (AvgIpc) is 3.16. The van der Waals surface area contributed by atoms with Gasteiger partial charge in [0.2, 0.25) is 0 Å². The molecule has 1 aliphatic heterocycles. The number of sulfonamides is 1. The van der Waals surface area contributed by atoms with Gasteiger partial charge < -0.3 is 9.26 Å². The number of nitrogens with zero attached hydrogens (tertiary/aromatic N) is 2. The fourth-order valence-corrected chi connectivity index (χ4v) is 5.32. The van der Waals surface area contributed by atoms with Crippen molar-refractivity contribution in [1.29, 1.82) is 0 Å². The lowest BCUT2D eigenvalue weighted by atomic mass is 10.1. The summed E-state index contributed by atoms with van der Waals surface area (Å²) in [6, 6.07) is 2.10. The Hall–Kier alpha value is -2.37. The van der Waals surface area contributed by atoms with Crippen molar-refractivity contribution in [1.82, 2.24) is 10.1 Å². The van der Waals surface area contributed by atoms with E-state index in [9.17, 15) is 17.2 Å². The van der Waals surface area contributed by atoms with E-state index in [1.165, 1.54) is 11.3 Å². The third-order valence-corrected chi connectivity index (χ3v) is 6.51. The number of halogens is 2. The molecule has 142 valence electrons. The van der Waals surface area contributed by atoms with Crippen LogP contribution in [0.5, 0.6) is 0 Å². The van der Waals surface area contributed by atoms with Crippen LogP contribution in [0.15, 0.2) is 27.6 Å². The number of aromatic nitrogens is 2. The lowest BCUT2D eigenvalue weighted by Crippen LogP contribution is -2.13. The van der Waals surface area contributed by atoms with Gasteiger partial charge in [-0.1, -0.05) is 5.16 Å². The van der Waals surface area contributed by atoms with Crippen LogP contribution in [0.4, 0.5) is 13.8 Å². The summed E-state index contributed by atoms with van der Waals surface area (Å²) < 4.78 is 65.3. The summed E-state index contributed by atoms with van der Waals surface area (Å²) in [6.07, 6.45) is 0.554. The van der Waals surface area contributed by atoms with E-state index in [1.807, 2.05) is 0 Å². The Labute approximate surface area is 157 Å². The molecule has 3 heterocycles. The minimum Gasteiger partial charge on any atom is -0.376 e. The van der Waals surface area contributed by atoms with E-state index >= 15 is 0 Å². The highest BCUT2D eigenvalue weighted by Crippen LogP contribution is 2.43.